The number of hydrogen-bond acceptors (Lipinski definition) is 5. The second-order valence-electron chi connectivity index (χ2n) is 7.57. The molecule has 1 heterocycles. The predicted octanol–water partition coefficient (Wildman–Crippen LogP) is 6.39. The van der Waals surface area contributed by atoms with E-state index in [0.717, 1.165) is 31.4 Å². The van der Waals surface area contributed by atoms with Gasteiger partial charge in [-0.25, -0.2) is 4.98 Å². The van der Waals surface area contributed by atoms with Gasteiger partial charge in [-0.3, -0.25) is 0 Å². The van der Waals surface area contributed by atoms with Crippen LogP contribution in [0.3, 0.4) is 0 Å². The molecule has 2 aromatic rings. The van der Waals surface area contributed by atoms with Crippen molar-refractivity contribution in [2.24, 2.45) is 0 Å². The van der Waals surface area contributed by atoms with Crippen molar-refractivity contribution in [1.29, 1.82) is 0 Å². The van der Waals surface area contributed by atoms with Crippen molar-refractivity contribution in [3.05, 3.63) is 35.0 Å². The van der Waals surface area contributed by atoms with Crippen molar-refractivity contribution in [2.45, 2.75) is 63.3 Å². The fourth-order valence-electron chi connectivity index (χ4n) is 3.55. The van der Waals surface area contributed by atoms with Gasteiger partial charge in [0.2, 0.25) is 5.95 Å². The number of ether oxygens (including phenoxy) is 1. The second kappa shape index (κ2) is 8.26. The van der Waals surface area contributed by atoms with E-state index in [0.29, 0.717) is 29.4 Å². The molecule has 0 saturated heterocycles. The molecular formula is C20H22ClF3N4O. The van der Waals surface area contributed by atoms with E-state index >= 15 is 0 Å². The van der Waals surface area contributed by atoms with Gasteiger partial charge in [-0.2, -0.15) is 4.98 Å². The minimum absolute atomic E-state index is 0.135. The van der Waals surface area contributed by atoms with Gasteiger partial charge < -0.3 is 15.4 Å². The maximum Gasteiger partial charge on any atom is 0.573 e. The molecule has 2 N–H and O–H groups in total. The van der Waals surface area contributed by atoms with Gasteiger partial charge in [-0.15, -0.1) is 13.2 Å². The topological polar surface area (TPSA) is 59.1 Å². The van der Waals surface area contributed by atoms with E-state index in [-0.39, 0.29) is 5.02 Å². The fraction of sp³-hybridized carbons (Fsp3) is 0.500. The Bertz CT molecular complexity index is 867. The van der Waals surface area contributed by atoms with Gasteiger partial charge in [0.15, 0.2) is 0 Å². The van der Waals surface area contributed by atoms with E-state index in [1.165, 1.54) is 37.5 Å². The van der Waals surface area contributed by atoms with Crippen LogP contribution >= 0.6 is 11.6 Å². The smallest absolute Gasteiger partial charge is 0.404 e. The first-order chi connectivity index (χ1) is 13.9. The third kappa shape index (κ3) is 5.65. The van der Waals surface area contributed by atoms with Crippen LogP contribution in [0.25, 0.3) is 0 Å². The first kappa shape index (κ1) is 20.1. The normalized spacial score (nSPS) is 17.8. The number of nitrogens with one attached hydrogen (secondary N) is 2. The number of alkyl halides is 3. The summed E-state index contributed by atoms with van der Waals surface area (Å²) in [5, 5.41) is 6.43. The zero-order valence-corrected chi connectivity index (χ0v) is 16.5. The summed E-state index contributed by atoms with van der Waals surface area (Å²) < 4.78 is 41.1. The number of aromatic nitrogens is 2. The van der Waals surface area contributed by atoms with Crippen molar-refractivity contribution in [2.75, 3.05) is 10.6 Å². The Morgan fingerprint density at radius 2 is 1.76 bits per heavy atom. The molecule has 5 nitrogen and oxygen atoms in total. The summed E-state index contributed by atoms with van der Waals surface area (Å²) in [5.74, 6) is 1.18. The van der Waals surface area contributed by atoms with E-state index in [9.17, 15) is 13.2 Å². The van der Waals surface area contributed by atoms with Gasteiger partial charge in [0.1, 0.15) is 11.6 Å². The summed E-state index contributed by atoms with van der Waals surface area (Å²) in [7, 11) is 0. The van der Waals surface area contributed by atoms with E-state index in [2.05, 4.69) is 25.3 Å². The molecule has 1 aromatic carbocycles. The highest BCUT2D eigenvalue weighted by molar-refractivity contribution is 6.32. The Morgan fingerprint density at radius 1 is 1.00 bits per heavy atom. The Kier molecular flexibility index (Phi) is 5.72. The van der Waals surface area contributed by atoms with E-state index in [1.807, 2.05) is 6.07 Å². The zero-order chi connectivity index (χ0) is 20.4. The molecule has 9 heteroatoms. The van der Waals surface area contributed by atoms with Crippen molar-refractivity contribution in [3.8, 4) is 5.75 Å². The third-order valence-electron chi connectivity index (χ3n) is 5.11. The second-order valence-corrected chi connectivity index (χ2v) is 7.98. The first-order valence-corrected chi connectivity index (χ1v) is 10.2. The van der Waals surface area contributed by atoms with Gasteiger partial charge in [-0.1, -0.05) is 30.9 Å². The standard InChI is InChI=1S/C20H22ClF3N4O/c21-15-10-14(8-9-17(15)29-20(22,23)24)25-18-11-16(12-6-7-12)27-19(28-18)26-13-4-2-1-3-5-13/h8-13H,1-7H2,(H2,25,26,27,28). The van der Waals surface area contributed by atoms with Crippen LogP contribution in [-0.2, 0) is 0 Å². The van der Waals surface area contributed by atoms with Crippen LogP contribution < -0.4 is 15.4 Å². The van der Waals surface area contributed by atoms with Crippen LogP contribution in [0, 0.1) is 0 Å². The molecule has 2 fully saturated rings. The molecule has 0 spiro atoms. The van der Waals surface area contributed by atoms with E-state index in [1.54, 1.807) is 0 Å². The highest BCUT2D eigenvalue weighted by Gasteiger charge is 2.32. The SMILES string of the molecule is FC(F)(F)Oc1ccc(Nc2cc(C3CC3)nc(NC3CCCCC3)n2)cc1Cl. The molecule has 0 aliphatic heterocycles. The summed E-state index contributed by atoms with van der Waals surface area (Å²) in [6.45, 7) is 0. The van der Waals surface area contributed by atoms with Crippen molar-refractivity contribution in [1.82, 2.24) is 9.97 Å². The summed E-state index contributed by atoms with van der Waals surface area (Å²) in [5.41, 5.74) is 1.50. The Balaban J connectivity index is 1.52. The maximum absolute atomic E-state index is 12.4. The quantitative estimate of drug-likeness (QED) is 0.560. The number of anilines is 3. The Hall–Kier alpha value is -2.22. The Morgan fingerprint density at radius 3 is 2.41 bits per heavy atom. The largest absolute Gasteiger partial charge is 0.573 e. The molecule has 2 saturated carbocycles. The molecule has 0 radical (unpaired) electrons. The summed E-state index contributed by atoms with van der Waals surface area (Å²) in [4.78, 5) is 9.23. The molecule has 0 unspecified atom stereocenters. The third-order valence-corrected chi connectivity index (χ3v) is 5.41. The summed E-state index contributed by atoms with van der Waals surface area (Å²) in [6, 6.07) is 6.30. The summed E-state index contributed by atoms with van der Waals surface area (Å²) >= 11 is 5.94. The molecule has 0 atom stereocenters. The van der Waals surface area contributed by atoms with Crippen molar-refractivity contribution < 1.29 is 17.9 Å². The van der Waals surface area contributed by atoms with Crippen LogP contribution in [0.2, 0.25) is 5.02 Å². The molecule has 156 valence electrons. The highest BCUT2D eigenvalue weighted by atomic mass is 35.5. The zero-order valence-electron chi connectivity index (χ0n) is 15.7. The lowest BCUT2D eigenvalue weighted by atomic mass is 9.96. The number of hydrogen-bond donors (Lipinski definition) is 2. The molecule has 2 aliphatic rings. The summed E-state index contributed by atoms with van der Waals surface area (Å²) in [6.07, 6.45) is 3.31. The minimum Gasteiger partial charge on any atom is -0.404 e. The average molecular weight is 427 g/mol. The number of halogens is 4. The lowest BCUT2D eigenvalue weighted by Gasteiger charge is -2.23. The van der Waals surface area contributed by atoms with Crippen LogP contribution in [0.1, 0.15) is 56.6 Å². The van der Waals surface area contributed by atoms with Crippen LogP contribution in [0.5, 0.6) is 5.75 Å². The minimum atomic E-state index is -4.79. The highest BCUT2D eigenvalue weighted by Crippen LogP contribution is 2.40. The molecule has 0 amide bonds. The molecule has 29 heavy (non-hydrogen) atoms. The number of benzene rings is 1. The van der Waals surface area contributed by atoms with E-state index in [4.69, 9.17) is 11.6 Å². The van der Waals surface area contributed by atoms with E-state index < -0.39 is 12.1 Å². The lowest BCUT2D eigenvalue weighted by Crippen LogP contribution is -2.23. The van der Waals surface area contributed by atoms with Gasteiger partial charge in [0.25, 0.3) is 0 Å². The van der Waals surface area contributed by atoms with Crippen LogP contribution in [-0.4, -0.2) is 22.4 Å². The number of nitrogens with zero attached hydrogens (tertiary/aromatic N) is 2. The molecule has 0 bridgehead atoms. The van der Waals surface area contributed by atoms with Crippen molar-refractivity contribution in [3.63, 3.8) is 0 Å². The monoisotopic (exact) mass is 426 g/mol. The first-order valence-electron chi connectivity index (χ1n) is 9.83. The predicted molar refractivity (Wildman–Crippen MR) is 106 cm³/mol. The van der Waals surface area contributed by atoms with Crippen molar-refractivity contribution >= 4 is 29.1 Å². The van der Waals surface area contributed by atoms with Gasteiger partial charge in [0, 0.05) is 23.7 Å². The van der Waals surface area contributed by atoms with Crippen LogP contribution in [0.15, 0.2) is 24.3 Å². The average Bonchev–Trinajstić information content (AvgIpc) is 3.49. The lowest BCUT2D eigenvalue weighted by molar-refractivity contribution is -0.274. The number of rotatable bonds is 6. The Labute approximate surface area is 172 Å². The fourth-order valence-corrected chi connectivity index (χ4v) is 3.77. The van der Waals surface area contributed by atoms with Gasteiger partial charge >= 0.3 is 6.36 Å². The van der Waals surface area contributed by atoms with Gasteiger partial charge in [0.05, 0.1) is 10.7 Å². The molecule has 2 aliphatic carbocycles. The van der Waals surface area contributed by atoms with Crippen LogP contribution in [0.4, 0.5) is 30.6 Å². The van der Waals surface area contributed by atoms with Gasteiger partial charge in [-0.05, 0) is 43.9 Å². The maximum atomic E-state index is 12.4. The molecule has 4 rings (SSSR count). The molecular weight excluding hydrogens is 405 g/mol. The molecule has 1 aromatic heterocycles.